The molecule has 0 bridgehead atoms. The number of fused-ring (bicyclic) bond motifs is 1. The molecule has 0 fully saturated rings. The third-order valence-electron chi connectivity index (χ3n) is 4.29. The first-order chi connectivity index (χ1) is 14.7. The summed E-state index contributed by atoms with van der Waals surface area (Å²) >= 11 is 0. The van der Waals surface area contributed by atoms with Crippen LogP contribution in [0.5, 0.6) is 5.75 Å². The first-order valence-corrected chi connectivity index (χ1v) is 12.7. The molecule has 1 unspecified atom stereocenters. The Morgan fingerprint density at radius 3 is 2.44 bits per heavy atom. The molecule has 0 saturated carbocycles. The summed E-state index contributed by atoms with van der Waals surface area (Å²) in [6, 6.07) is 3.60. The van der Waals surface area contributed by atoms with Gasteiger partial charge in [0.2, 0.25) is 0 Å². The highest BCUT2D eigenvalue weighted by Gasteiger charge is 2.31. The fourth-order valence-electron chi connectivity index (χ4n) is 2.69. The molecule has 1 atom stereocenters. The SMILES string of the molecule is CCS(=O)(=O)c1cc(OCS(C)(=N)=O)cnc1-n1ncc2ccc(C(F)(F)F)cc2c1=O. The smallest absolute Gasteiger partial charge is 0.416 e. The van der Waals surface area contributed by atoms with Crippen LogP contribution in [0.2, 0.25) is 0 Å². The second-order valence-corrected chi connectivity index (χ2v) is 11.3. The summed E-state index contributed by atoms with van der Waals surface area (Å²) in [5.41, 5.74) is -2.04. The minimum absolute atomic E-state index is 0.115. The molecule has 9 nitrogen and oxygen atoms in total. The molecular formula is C18H17F3N4O5S2. The molecular weight excluding hydrogens is 473 g/mol. The van der Waals surface area contributed by atoms with Gasteiger partial charge in [0.15, 0.2) is 21.6 Å². The van der Waals surface area contributed by atoms with Crippen LogP contribution in [0.15, 0.2) is 46.3 Å². The lowest BCUT2D eigenvalue weighted by Gasteiger charge is -2.13. The van der Waals surface area contributed by atoms with Crippen molar-refractivity contribution in [2.45, 2.75) is 18.0 Å². The minimum atomic E-state index is -4.68. The van der Waals surface area contributed by atoms with Gasteiger partial charge in [-0.05, 0) is 12.1 Å². The van der Waals surface area contributed by atoms with E-state index in [1.807, 2.05) is 0 Å². The van der Waals surface area contributed by atoms with Crippen molar-refractivity contribution < 1.29 is 30.5 Å². The monoisotopic (exact) mass is 490 g/mol. The largest absolute Gasteiger partial charge is 0.478 e. The highest BCUT2D eigenvalue weighted by Crippen LogP contribution is 2.31. The number of ether oxygens (including phenoxy) is 1. The van der Waals surface area contributed by atoms with E-state index in [1.54, 1.807) is 0 Å². The number of benzene rings is 1. The topological polar surface area (TPSA) is 132 Å². The van der Waals surface area contributed by atoms with E-state index < -0.39 is 53.5 Å². The maximum absolute atomic E-state index is 13.1. The molecule has 2 heterocycles. The van der Waals surface area contributed by atoms with E-state index in [0.717, 1.165) is 36.8 Å². The summed E-state index contributed by atoms with van der Waals surface area (Å²) in [4.78, 5) is 16.4. The van der Waals surface area contributed by atoms with E-state index >= 15 is 0 Å². The van der Waals surface area contributed by atoms with Crippen molar-refractivity contribution in [1.29, 1.82) is 4.78 Å². The highest BCUT2D eigenvalue weighted by molar-refractivity contribution is 7.91. The third kappa shape index (κ3) is 4.91. The molecule has 1 N–H and O–H groups in total. The predicted molar refractivity (Wildman–Crippen MR) is 110 cm³/mol. The van der Waals surface area contributed by atoms with Gasteiger partial charge in [0.1, 0.15) is 10.6 Å². The maximum Gasteiger partial charge on any atom is 0.416 e. The molecule has 172 valence electrons. The average Bonchev–Trinajstić information content (AvgIpc) is 2.71. The van der Waals surface area contributed by atoms with E-state index in [0.29, 0.717) is 10.7 Å². The number of hydrogen-bond acceptors (Lipinski definition) is 8. The zero-order chi connectivity index (χ0) is 23.9. The quantitative estimate of drug-likeness (QED) is 0.562. The van der Waals surface area contributed by atoms with Crippen LogP contribution in [0.4, 0.5) is 13.2 Å². The van der Waals surface area contributed by atoms with E-state index in [9.17, 15) is 30.6 Å². The number of nitrogens with one attached hydrogen (secondary N) is 1. The van der Waals surface area contributed by atoms with Crippen molar-refractivity contribution in [3.05, 3.63) is 52.6 Å². The lowest BCUT2D eigenvalue weighted by atomic mass is 10.1. The Morgan fingerprint density at radius 2 is 1.84 bits per heavy atom. The fraction of sp³-hybridized carbons (Fsp3) is 0.278. The maximum atomic E-state index is 13.1. The van der Waals surface area contributed by atoms with Crippen LogP contribution >= 0.6 is 0 Å². The zero-order valence-corrected chi connectivity index (χ0v) is 18.3. The lowest BCUT2D eigenvalue weighted by Crippen LogP contribution is -2.25. The summed E-state index contributed by atoms with van der Waals surface area (Å²) in [7, 11) is -7.04. The van der Waals surface area contributed by atoms with Gasteiger partial charge >= 0.3 is 6.18 Å². The van der Waals surface area contributed by atoms with Crippen LogP contribution < -0.4 is 10.3 Å². The third-order valence-corrected chi connectivity index (χ3v) is 6.59. The van der Waals surface area contributed by atoms with Crippen molar-refractivity contribution >= 4 is 30.3 Å². The number of halogens is 3. The van der Waals surface area contributed by atoms with E-state index in [2.05, 4.69) is 10.1 Å². The number of aromatic nitrogens is 3. The highest BCUT2D eigenvalue weighted by atomic mass is 32.2. The number of nitrogens with zero attached hydrogens (tertiary/aromatic N) is 3. The molecule has 0 saturated heterocycles. The standard InChI is InChI=1S/C18H17F3N4O5S2/c1-3-32(28,29)15-7-13(30-10-31(2,22)27)9-23-16(15)25-17(26)14-6-12(18(19,20)21)5-4-11(14)8-24-25/h4-9,22H,3,10H2,1-2H3. The van der Waals surface area contributed by atoms with Crippen LogP contribution in [-0.2, 0) is 25.7 Å². The number of sulfone groups is 1. The van der Waals surface area contributed by atoms with Crippen molar-refractivity contribution in [2.75, 3.05) is 17.9 Å². The molecule has 0 aliphatic rings. The van der Waals surface area contributed by atoms with Crippen molar-refractivity contribution in [3.8, 4) is 11.6 Å². The molecule has 3 aromatic rings. The van der Waals surface area contributed by atoms with Gasteiger partial charge in [-0.1, -0.05) is 13.0 Å². The molecule has 32 heavy (non-hydrogen) atoms. The molecule has 0 spiro atoms. The molecule has 14 heteroatoms. The number of hydrogen-bond donors (Lipinski definition) is 1. The Morgan fingerprint density at radius 1 is 1.16 bits per heavy atom. The summed E-state index contributed by atoms with van der Waals surface area (Å²) in [6.45, 7) is 1.35. The van der Waals surface area contributed by atoms with Gasteiger partial charge < -0.3 is 4.74 Å². The normalized spacial score (nSPS) is 14.3. The Bertz CT molecular complexity index is 1470. The van der Waals surface area contributed by atoms with E-state index in [-0.39, 0.29) is 22.3 Å². The van der Waals surface area contributed by atoms with Crippen molar-refractivity contribution in [3.63, 3.8) is 0 Å². The van der Waals surface area contributed by atoms with Gasteiger partial charge in [0.05, 0.1) is 38.8 Å². The van der Waals surface area contributed by atoms with Crippen LogP contribution in [0.1, 0.15) is 12.5 Å². The molecule has 2 aromatic heterocycles. The van der Waals surface area contributed by atoms with Gasteiger partial charge in [0.25, 0.3) is 5.56 Å². The van der Waals surface area contributed by atoms with Crippen LogP contribution in [0.25, 0.3) is 16.6 Å². The summed E-state index contributed by atoms with van der Waals surface area (Å²) in [6.07, 6.45) is -1.39. The molecule has 0 amide bonds. The Labute approximate surface area is 180 Å². The second-order valence-electron chi connectivity index (χ2n) is 6.82. The predicted octanol–water partition coefficient (Wildman–Crippen LogP) is 2.61. The molecule has 0 aliphatic heterocycles. The minimum Gasteiger partial charge on any atom is -0.478 e. The lowest BCUT2D eigenvalue weighted by molar-refractivity contribution is -0.137. The molecule has 0 aliphatic carbocycles. The first-order valence-electron chi connectivity index (χ1n) is 8.89. The van der Waals surface area contributed by atoms with E-state index in [4.69, 9.17) is 9.52 Å². The van der Waals surface area contributed by atoms with Gasteiger partial charge in [-0.2, -0.15) is 23.0 Å². The molecule has 3 rings (SSSR count). The first kappa shape index (κ1) is 23.7. The number of pyridine rings is 1. The summed E-state index contributed by atoms with van der Waals surface area (Å²) in [5, 5.41) is 3.68. The zero-order valence-electron chi connectivity index (χ0n) is 16.7. The van der Waals surface area contributed by atoms with E-state index in [1.165, 1.54) is 6.92 Å². The van der Waals surface area contributed by atoms with Gasteiger partial charge in [0, 0.05) is 17.7 Å². The van der Waals surface area contributed by atoms with Crippen LogP contribution in [0.3, 0.4) is 0 Å². The van der Waals surface area contributed by atoms with Crippen LogP contribution in [0, 0.1) is 4.78 Å². The second kappa shape index (κ2) is 8.16. The van der Waals surface area contributed by atoms with Gasteiger partial charge in [-0.15, -0.1) is 0 Å². The van der Waals surface area contributed by atoms with Gasteiger partial charge in [-0.25, -0.2) is 17.6 Å². The van der Waals surface area contributed by atoms with Crippen molar-refractivity contribution in [2.24, 2.45) is 0 Å². The Hall–Kier alpha value is -3.00. The fourth-order valence-corrected chi connectivity index (χ4v) is 4.08. The average molecular weight is 490 g/mol. The molecule has 1 aromatic carbocycles. The molecule has 0 radical (unpaired) electrons. The van der Waals surface area contributed by atoms with Gasteiger partial charge in [-0.3, -0.25) is 9.57 Å². The number of rotatable bonds is 6. The summed E-state index contributed by atoms with van der Waals surface area (Å²) < 4.78 is 89.1. The Balaban J connectivity index is 2.24. The number of alkyl halides is 3. The van der Waals surface area contributed by atoms with Crippen LogP contribution in [-0.4, -0.2) is 45.3 Å². The Kier molecular flexibility index (Phi) is 6.04. The summed E-state index contributed by atoms with van der Waals surface area (Å²) in [5.74, 6) is -1.44. The van der Waals surface area contributed by atoms with Crippen molar-refractivity contribution in [1.82, 2.24) is 14.8 Å².